The fourth-order valence-corrected chi connectivity index (χ4v) is 1.69. The Labute approximate surface area is 104 Å². The van der Waals surface area contributed by atoms with E-state index in [0.29, 0.717) is 13.1 Å². The van der Waals surface area contributed by atoms with Gasteiger partial charge in [-0.15, -0.1) is 0 Å². The Bertz CT molecular complexity index is 356. The molecular formula is C14H23NO2. The number of aryl methyl sites for hydroxylation is 1. The molecule has 0 fully saturated rings. The highest BCUT2D eigenvalue weighted by molar-refractivity contribution is 5.37. The van der Waals surface area contributed by atoms with Crippen LogP contribution in [0, 0.1) is 0 Å². The summed E-state index contributed by atoms with van der Waals surface area (Å²) in [6.07, 6.45) is 1.02. The number of rotatable bonds is 6. The van der Waals surface area contributed by atoms with Gasteiger partial charge in [0.05, 0.1) is 12.7 Å². The number of hydrogen-bond donors (Lipinski definition) is 2. The van der Waals surface area contributed by atoms with E-state index in [1.807, 2.05) is 6.07 Å². The fourth-order valence-electron chi connectivity index (χ4n) is 1.69. The molecule has 0 saturated carbocycles. The second-order valence-corrected chi connectivity index (χ2v) is 4.92. The third-order valence-electron chi connectivity index (χ3n) is 2.63. The van der Waals surface area contributed by atoms with Gasteiger partial charge in [0, 0.05) is 18.7 Å². The lowest BCUT2D eigenvalue weighted by molar-refractivity contribution is 0.0794. The van der Waals surface area contributed by atoms with Crippen molar-refractivity contribution in [1.82, 2.24) is 5.32 Å². The summed E-state index contributed by atoms with van der Waals surface area (Å²) in [5.41, 5.74) is 1.75. The van der Waals surface area contributed by atoms with Gasteiger partial charge in [-0.1, -0.05) is 19.1 Å². The molecule has 0 unspecified atom stereocenters. The van der Waals surface area contributed by atoms with E-state index in [9.17, 15) is 5.11 Å². The molecule has 2 N–H and O–H groups in total. The molecule has 0 saturated heterocycles. The minimum atomic E-state index is -0.685. The first-order valence-electron chi connectivity index (χ1n) is 6.05. The molecule has 0 radical (unpaired) electrons. The van der Waals surface area contributed by atoms with Gasteiger partial charge in [0.1, 0.15) is 5.75 Å². The first-order chi connectivity index (χ1) is 7.96. The fraction of sp³-hybridized carbons (Fsp3) is 0.571. The van der Waals surface area contributed by atoms with E-state index in [1.165, 1.54) is 5.56 Å². The molecule has 1 aromatic rings. The highest BCUT2D eigenvalue weighted by atomic mass is 16.5. The average molecular weight is 237 g/mol. The largest absolute Gasteiger partial charge is 0.496 e. The number of ether oxygens (including phenoxy) is 1. The Morgan fingerprint density at radius 3 is 2.59 bits per heavy atom. The molecule has 0 atom stereocenters. The van der Waals surface area contributed by atoms with Crippen molar-refractivity contribution in [1.29, 1.82) is 0 Å². The monoisotopic (exact) mass is 237 g/mol. The molecule has 3 heteroatoms. The van der Waals surface area contributed by atoms with Crippen LogP contribution in [0.15, 0.2) is 18.2 Å². The Balaban J connectivity index is 2.68. The zero-order chi connectivity index (χ0) is 12.9. The Morgan fingerprint density at radius 1 is 1.35 bits per heavy atom. The molecular weight excluding hydrogens is 214 g/mol. The zero-order valence-corrected chi connectivity index (χ0v) is 11.2. The number of aliphatic hydroxyl groups is 1. The van der Waals surface area contributed by atoms with Crippen LogP contribution in [0.5, 0.6) is 5.75 Å². The second-order valence-electron chi connectivity index (χ2n) is 4.92. The predicted molar refractivity (Wildman–Crippen MR) is 70.4 cm³/mol. The highest BCUT2D eigenvalue weighted by Gasteiger charge is 2.12. The Morgan fingerprint density at radius 2 is 2.06 bits per heavy atom. The third kappa shape index (κ3) is 4.75. The molecule has 0 aliphatic rings. The summed E-state index contributed by atoms with van der Waals surface area (Å²) < 4.78 is 5.32. The van der Waals surface area contributed by atoms with Crippen LogP contribution in [0.2, 0.25) is 0 Å². The molecule has 0 aliphatic carbocycles. The molecule has 17 heavy (non-hydrogen) atoms. The summed E-state index contributed by atoms with van der Waals surface area (Å²) in [6, 6.07) is 6.23. The van der Waals surface area contributed by atoms with Crippen LogP contribution in [0.25, 0.3) is 0 Å². The number of hydrogen-bond acceptors (Lipinski definition) is 3. The lowest BCUT2D eigenvalue weighted by Gasteiger charge is -2.18. The lowest BCUT2D eigenvalue weighted by Crippen LogP contribution is -2.34. The molecule has 0 bridgehead atoms. The van der Waals surface area contributed by atoms with Crippen molar-refractivity contribution in [2.75, 3.05) is 13.7 Å². The van der Waals surface area contributed by atoms with Gasteiger partial charge < -0.3 is 15.2 Å². The maximum atomic E-state index is 9.63. The van der Waals surface area contributed by atoms with Crippen LogP contribution in [-0.4, -0.2) is 24.4 Å². The van der Waals surface area contributed by atoms with Gasteiger partial charge in [-0.05, 0) is 31.9 Å². The van der Waals surface area contributed by atoms with Gasteiger partial charge in [0.25, 0.3) is 0 Å². The van der Waals surface area contributed by atoms with E-state index in [1.54, 1.807) is 21.0 Å². The SMILES string of the molecule is CCc1ccc(OC)c(CNCC(C)(C)O)c1. The van der Waals surface area contributed by atoms with E-state index >= 15 is 0 Å². The van der Waals surface area contributed by atoms with Crippen molar-refractivity contribution < 1.29 is 9.84 Å². The van der Waals surface area contributed by atoms with Crippen LogP contribution < -0.4 is 10.1 Å². The first kappa shape index (κ1) is 14.0. The van der Waals surface area contributed by atoms with Gasteiger partial charge in [-0.2, -0.15) is 0 Å². The summed E-state index contributed by atoms with van der Waals surface area (Å²) in [6.45, 7) is 6.99. The van der Waals surface area contributed by atoms with Gasteiger partial charge >= 0.3 is 0 Å². The van der Waals surface area contributed by atoms with Gasteiger partial charge in [0.15, 0.2) is 0 Å². The van der Waals surface area contributed by atoms with Gasteiger partial charge in [-0.25, -0.2) is 0 Å². The Kier molecular flexibility index (Phi) is 4.97. The summed E-state index contributed by atoms with van der Waals surface area (Å²) in [5.74, 6) is 0.894. The van der Waals surface area contributed by atoms with Crippen LogP contribution in [0.3, 0.4) is 0 Å². The number of benzene rings is 1. The van der Waals surface area contributed by atoms with Crippen LogP contribution in [0.1, 0.15) is 31.9 Å². The minimum absolute atomic E-state index is 0.562. The molecule has 0 amide bonds. The van der Waals surface area contributed by atoms with Gasteiger partial charge in [0.2, 0.25) is 0 Å². The summed E-state index contributed by atoms with van der Waals surface area (Å²) in [7, 11) is 1.68. The van der Waals surface area contributed by atoms with Crippen molar-refractivity contribution in [3.8, 4) is 5.75 Å². The van der Waals surface area contributed by atoms with E-state index in [4.69, 9.17) is 4.74 Å². The van der Waals surface area contributed by atoms with Crippen molar-refractivity contribution in [2.45, 2.75) is 39.3 Å². The van der Waals surface area contributed by atoms with Crippen molar-refractivity contribution in [2.24, 2.45) is 0 Å². The van der Waals surface area contributed by atoms with Crippen LogP contribution in [-0.2, 0) is 13.0 Å². The minimum Gasteiger partial charge on any atom is -0.496 e. The first-order valence-corrected chi connectivity index (χ1v) is 6.05. The summed E-state index contributed by atoms with van der Waals surface area (Å²) in [4.78, 5) is 0. The lowest BCUT2D eigenvalue weighted by atomic mass is 10.1. The van der Waals surface area contributed by atoms with Crippen molar-refractivity contribution in [3.05, 3.63) is 29.3 Å². The molecule has 0 aliphatic heterocycles. The average Bonchev–Trinajstić information content (AvgIpc) is 2.27. The standard InChI is InChI=1S/C14H23NO2/c1-5-11-6-7-13(17-4)12(8-11)9-15-10-14(2,3)16/h6-8,15-16H,5,9-10H2,1-4H3. The summed E-state index contributed by atoms with van der Waals surface area (Å²) >= 11 is 0. The summed E-state index contributed by atoms with van der Waals surface area (Å²) in [5, 5.41) is 12.9. The maximum absolute atomic E-state index is 9.63. The predicted octanol–water partition coefficient (Wildman–Crippen LogP) is 2.12. The second kappa shape index (κ2) is 6.03. The molecule has 1 rings (SSSR count). The van der Waals surface area contributed by atoms with Gasteiger partial charge in [-0.3, -0.25) is 0 Å². The normalized spacial score (nSPS) is 11.6. The zero-order valence-electron chi connectivity index (χ0n) is 11.2. The van der Waals surface area contributed by atoms with E-state index in [2.05, 4.69) is 24.4 Å². The van der Waals surface area contributed by atoms with Crippen molar-refractivity contribution in [3.63, 3.8) is 0 Å². The molecule has 1 aromatic carbocycles. The highest BCUT2D eigenvalue weighted by Crippen LogP contribution is 2.20. The third-order valence-corrected chi connectivity index (χ3v) is 2.63. The van der Waals surface area contributed by atoms with Crippen molar-refractivity contribution >= 4 is 0 Å². The topological polar surface area (TPSA) is 41.5 Å². The molecule has 0 heterocycles. The molecule has 0 spiro atoms. The van der Waals surface area contributed by atoms with Crippen LogP contribution in [0.4, 0.5) is 0 Å². The van der Waals surface area contributed by atoms with E-state index < -0.39 is 5.60 Å². The molecule has 0 aromatic heterocycles. The smallest absolute Gasteiger partial charge is 0.123 e. The van der Waals surface area contributed by atoms with E-state index in [0.717, 1.165) is 17.7 Å². The maximum Gasteiger partial charge on any atom is 0.123 e. The molecule has 96 valence electrons. The van der Waals surface area contributed by atoms with Crippen LogP contribution >= 0.6 is 0 Å². The van der Waals surface area contributed by atoms with E-state index in [-0.39, 0.29) is 0 Å². The quantitative estimate of drug-likeness (QED) is 0.796. The molecule has 3 nitrogen and oxygen atoms in total. The number of nitrogens with one attached hydrogen (secondary N) is 1. The Hall–Kier alpha value is -1.06. The number of methoxy groups -OCH3 is 1.